The van der Waals surface area contributed by atoms with Crippen LogP contribution in [0.4, 0.5) is 11.4 Å². The highest BCUT2D eigenvalue weighted by molar-refractivity contribution is 6.35. The molecule has 2 aromatic heterocycles. The molecule has 5 aromatic rings. The summed E-state index contributed by atoms with van der Waals surface area (Å²) in [4.78, 5) is 16.7. The summed E-state index contributed by atoms with van der Waals surface area (Å²) in [6.45, 7) is 6.29. The summed E-state index contributed by atoms with van der Waals surface area (Å²) in [6.07, 6.45) is 5.12. The van der Waals surface area contributed by atoms with Crippen molar-refractivity contribution in [2.45, 2.75) is 44.7 Å². The fourth-order valence-corrected chi connectivity index (χ4v) is 5.82. The van der Waals surface area contributed by atoms with Crippen LogP contribution in [-0.2, 0) is 21.8 Å². The van der Waals surface area contributed by atoms with Gasteiger partial charge in [0.2, 0.25) is 5.79 Å². The molecule has 1 aliphatic heterocycles. The molecule has 47 heavy (non-hydrogen) atoms. The van der Waals surface area contributed by atoms with Crippen molar-refractivity contribution in [1.29, 1.82) is 0 Å². The van der Waals surface area contributed by atoms with Crippen LogP contribution >= 0.6 is 23.2 Å². The van der Waals surface area contributed by atoms with E-state index in [4.69, 9.17) is 37.4 Å². The van der Waals surface area contributed by atoms with Gasteiger partial charge in [0, 0.05) is 35.1 Å². The highest BCUT2D eigenvalue weighted by Crippen LogP contribution is 2.40. The molecule has 3 aromatic carbocycles. The predicted molar refractivity (Wildman–Crippen MR) is 181 cm³/mol. The van der Waals surface area contributed by atoms with Crippen molar-refractivity contribution >= 4 is 34.6 Å². The van der Waals surface area contributed by atoms with E-state index in [9.17, 15) is 4.79 Å². The van der Waals surface area contributed by atoms with Gasteiger partial charge >= 0.3 is 5.69 Å². The van der Waals surface area contributed by atoms with Crippen molar-refractivity contribution in [1.82, 2.24) is 29.1 Å². The predicted octanol–water partition coefficient (Wildman–Crippen LogP) is 5.77. The number of halogens is 2. The molecule has 1 aliphatic rings. The van der Waals surface area contributed by atoms with Gasteiger partial charge in [-0.1, -0.05) is 36.2 Å². The summed E-state index contributed by atoms with van der Waals surface area (Å²) in [6, 6.07) is 20.8. The van der Waals surface area contributed by atoms with Crippen LogP contribution in [0, 0.1) is 0 Å². The minimum absolute atomic E-state index is 0.0579. The van der Waals surface area contributed by atoms with Crippen LogP contribution in [0.15, 0.2) is 90.5 Å². The average Bonchev–Trinajstić information content (AvgIpc) is 3.84. The third-order valence-corrected chi connectivity index (χ3v) is 8.51. The molecule has 14 heteroatoms. The van der Waals surface area contributed by atoms with Crippen molar-refractivity contribution in [3.05, 3.63) is 112 Å². The van der Waals surface area contributed by atoms with Gasteiger partial charge in [-0.15, -0.1) is 0 Å². The van der Waals surface area contributed by atoms with Gasteiger partial charge in [-0.05, 0) is 74.0 Å². The van der Waals surface area contributed by atoms with E-state index in [1.165, 1.54) is 11.0 Å². The number of benzene rings is 3. The van der Waals surface area contributed by atoms with Gasteiger partial charge < -0.3 is 24.8 Å². The molecule has 0 bridgehead atoms. The lowest BCUT2D eigenvalue weighted by Gasteiger charge is -2.29. The number of aromatic nitrogens is 6. The Balaban J connectivity index is 0.967. The maximum Gasteiger partial charge on any atom is 0.350 e. The van der Waals surface area contributed by atoms with Gasteiger partial charge in [-0.2, -0.15) is 10.2 Å². The highest BCUT2D eigenvalue weighted by atomic mass is 35.5. The number of ether oxygens (including phenoxy) is 3. The van der Waals surface area contributed by atoms with Crippen LogP contribution < -0.4 is 21.1 Å². The Morgan fingerprint density at radius 1 is 1.00 bits per heavy atom. The largest absolute Gasteiger partial charge is 0.491 e. The van der Waals surface area contributed by atoms with Gasteiger partial charge in [0.25, 0.3) is 0 Å². The quantitative estimate of drug-likeness (QED) is 0.141. The first kappa shape index (κ1) is 32.6. The maximum absolute atomic E-state index is 12.7. The highest BCUT2D eigenvalue weighted by Gasteiger charge is 2.45. The van der Waals surface area contributed by atoms with Crippen molar-refractivity contribution in [2.75, 3.05) is 36.9 Å². The zero-order valence-electron chi connectivity index (χ0n) is 26.1. The number of anilines is 2. The monoisotopic (exact) mass is 678 g/mol. The van der Waals surface area contributed by atoms with Crippen LogP contribution in [0.3, 0.4) is 0 Å². The molecule has 246 valence electrons. The van der Waals surface area contributed by atoms with E-state index in [1.54, 1.807) is 40.1 Å². The summed E-state index contributed by atoms with van der Waals surface area (Å²) in [5.74, 6) is -0.450. The van der Waals surface area contributed by atoms with Gasteiger partial charge in [0.1, 0.15) is 44.0 Å². The first-order chi connectivity index (χ1) is 22.8. The summed E-state index contributed by atoms with van der Waals surface area (Å²) < 4.78 is 23.4. The smallest absolute Gasteiger partial charge is 0.350 e. The zero-order chi connectivity index (χ0) is 32.8. The second-order valence-electron chi connectivity index (χ2n) is 11.2. The lowest BCUT2D eigenvalue weighted by atomic mass is 10.1. The summed E-state index contributed by atoms with van der Waals surface area (Å²) in [5.41, 5.74) is 3.23. The van der Waals surface area contributed by atoms with Crippen molar-refractivity contribution in [3.8, 4) is 11.4 Å². The van der Waals surface area contributed by atoms with E-state index in [0.29, 0.717) is 41.1 Å². The molecule has 3 atom stereocenters. The van der Waals surface area contributed by atoms with Gasteiger partial charge in [-0.3, -0.25) is 0 Å². The Kier molecular flexibility index (Phi) is 10.1. The third kappa shape index (κ3) is 7.62. The Bertz CT molecular complexity index is 1810. The first-order valence-corrected chi connectivity index (χ1v) is 16.2. The Morgan fingerprint density at radius 3 is 2.38 bits per heavy atom. The minimum Gasteiger partial charge on any atom is -0.491 e. The lowest BCUT2D eigenvalue weighted by Crippen LogP contribution is -2.35. The Labute approximate surface area is 282 Å². The van der Waals surface area contributed by atoms with E-state index in [2.05, 4.69) is 25.8 Å². The lowest BCUT2D eigenvalue weighted by molar-refractivity contribution is -0.190. The second kappa shape index (κ2) is 14.6. The van der Waals surface area contributed by atoms with Crippen LogP contribution in [0.1, 0.15) is 31.9 Å². The molecule has 0 spiro atoms. The fraction of sp³-hybridized carbons (Fsp3) is 0.333. The normalized spacial score (nSPS) is 18.3. The number of rotatable bonds is 14. The van der Waals surface area contributed by atoms with Crippen molar-refractivity contribution in [3.63, 3.8) is 0 Å². The Morgan fingerprint density at radius 2 is 1.72 bits per heavy atom. The number of hydrogen-bond donors (Lipinski definition) is 2. The Hall–Kier alpha value is -4.36. The second-order valence-corrected chi connectivity index (χ2v) is 12.1. The van der Waals surface area contributed by atoms with Gasteiger partial charge in [0.15, 0.2) is 0 Å². The first-order valence-electron chi connectivity index (χ1n) is 15.4. The number of hydrogen-bond acceptors (Lipinski definition) is 9. The molecule has 1 saturated heterocycles. The number of nitrogens with one attached hydrogen (secondary N) is 2. The van der Waals surface area contributed by atoms with Crippen LogP contribution in [0.2, 0.25) is 10.0 Å². The fourth-order valence-electron chi connectivity index (χ4n) is 5.26. The number of nitrogens with zero attached hydrogens (tertiary/aromatic N) is 6. The van der Waals surface area contributed by atoms with Crippen molar-refractivity contribution < 1.29 is 14.2 Å². The van der Waals surface area contributed by atoms with E-state index in [1.807, 2.05) is 62.4 Å². The molecule has 0 amide bonds. The summed E-state index contributed by atoms with van der Waals surface area (Å²) >= 11 is 12.7. The standard InChI is InChI=1S/C33H36Cl2N8O4/c1-3-23(2)43-32(44)42(22-40-43)27-9-5-25(6-10-27)37-14-15-38-26-7-11-28(12-8-26)45-17-29-18-46-33(47-29,19-41-21-36-20-39-41)30-13-4-24(34)16-31(30)35/h4-13,16,20-23,29,37-38H,3,14-15,17-19H2,1-2H3. The molecule has 0 saturated carbocycles. The van der Waals surface area contributed by atoms with E-state index >= 15 is 0 Å². The molecule has 2 N–H and O–H groups in total. The average molecular weight is 680 g/mol. The molecule has 0 radical (unpaired) electrons. The molecular weight excluding hydrogens is 643 g/mol. The molecule has 12 nitrogen and oxygen atoms in total. The van der Waals surface area contributed by atoms with Gasteiger partial charge in [-0.25, -0.2) is 23.7 Å². The molecule has 0 aliphatic carbocycles. The molecule has 3 unspecified atom stereocenters. The molecular formula is C33H36Cl2N8O4. The molecule has 1 fully saturated rings. The zero-order valence-corrected chi connectivity index (χ0v) is 27.6. The van der Waals surface area contributed by atoms with Crippen LogP contribution in [0.25, 0.3) is 5.69 Å². The summed E-state index contributed by atoms with van der Waals surface area (Å²) in [7, 11) is 0. The SMILES string of the molecule is CCC(C)n1ncn(-c2ccc(NCCNc3ccc(OCC4COC(Cn5cncn5)(c5ccc(Cl)cc5Cl)O4)cc3)cc2)c1=O. The minimum atomic E-state index is -1.16. The summed E-state index contributed by atoms with van der Waals surface area (Å²) in [5, 5.41) is 16.2. The molecule has 3 heterocycles. The van der Waals surface area contributed by atoms with Crippen molar-refractivity contribution in [2.24, 2.45) is 0 Å². The van der Waals surface area contributed by atoms with Gasteiger partial charge in [0.05, 0.1) is 23.4 Å². The van der Waals surface area contributed by atoms with Crippen LogP contribution in [-0.4, -0.2) is 61.5 Å². The topological polar surface area (TPSA) is 122 Å². The van der Waals surface area contributed by atoms with E-state index in [-0.39, 0.29) is 31.0 Å². The van der Waals surface area contributed by atoms with E-state index in [0.717, 1.165) is 23.5 Å². The third-order valence-electron chi connectivity index (χ3n) is 7.96. The molecule has 6 rings (SSSR count). The maximum atomic E-state index is 12.7. The van der Waals surface area contributed by atoms with Crippen LogP contribution in [0.5, 0.6) is 5.75 Å². The van der Waals surface area contributed by atoms with E-state index < -0.39 is 5.79 Å².